The van der Waals surface area contributed by atoms with Gasteiger partial charge in [0.05, 0.1) is 6.04 Å². The van der Waals surface area contributed by atoms with Gasteiger partial charge in [-0.2, -0.15) is 4.98 Å². The Bertz CT molecular complexity index is 501. The van der Waals surface area contributed by atoms with E-state index in [0.717, 1.165) is 24.9 Å². The highest BCUT2D eigenvalue weighted by Crippen LogP contribution is 2.24. The molecule has 1 unspecified atom stereocenters. The van der Waals surface area contributed by atoms with E-state index in [2.05, 4.69) is 15.5 Å². The Hall–Kier alpha value is -1.88. The van der Waals surface area contributed by atoms with Crippen molar-refractivity contribution in [3.05, 3.63) is 30.1 Å². The smallest absolute Gasteiger partial charge is 0.257 e. The number of hydrogen-bond acceptors (Lipinski definition) is 5. The van der Waals surface area contributed by atoms with Crippen LogP contribution in [-0.2, 0) is 0 Å². The van der Waals surface area contributed by atoms with Crippen LogP contribution in [0.4, 0.5) is 0 Å². The van der Waals surface area contributed by atoms with Crippen LogP contribution in [0.1, 0.15) is 24.7 Å². The summed E-state index contributed by atoms with van der Waals surface area (Å²) in [6.45, 7) is 1.01. The Labute approximate surface area is 98.5 Å². The lowest BCUT2D eigenvalue weighted by Crippen LogP contribution is -2.14. The molecule has 0 radical (unpaired) electrons. The molecule has 1 aliphatic heterocycles. The van der Waals surface area contributed by atoms with E-state index in [9.17, 15) is 5.11 Å². The highest BCUT2D eigenvalue weighted by atomic mass is 16.5. The molecule has 2 aromatic rings. The summed E-state index contributed by atoms with van der Waals surface area (Å²) < 4.78 is 5.22. The third kappa shape index (κ3) is 2.01. The van der Waals surface area contributed by atoms with Crippen molar-refractivity contribution in [1.82, 2.24) is 15.5 Å². The van der Waals surface area contributed by atoms with Crippen LogP contribution < -0.4 is 5.32 Å². The third-order valence-electron chi connectivity index (χ3n) is 2.93. The first-order valence-electron chi connectivity index (χ1n) is 5.69. The lowest BCUT2D eigenvalue weighted by molar-refractivity contribution is 0.412. The largest absolute Gasteiger partial charge is 0.508 e. The fraction of sp³-hybridized carbons (Fsp3) is 0.333. The molecule has 1 saturated heterocycles. The monoisotopic (exact) mass is 231 g/mol. The van der Waals surface area contributed by atoms with E-state index in [4.69, 9.17) is 4.52 Å². The zero-order valence-electron chi connectivity index (χ0n) is 9.26. The Kier molecular flexibility index (Phi) is 2.53. The summed E-state index contributed by atoms with van der Waals surface area (Å²) in [5, 5.41) is 16.5. The molecule has 5 heteroatoms. The topological polar surface area (TPSA) is 71.2 Å². The highest BCUT2D eigenvalue weighted by molar-refractivity contribution is 5.54. The van der Waals surface area contributed by atoms with Gasteiger partial charge in [-0.3, -0.25) is 0 Å². The second-order valence-electron chi connectivity index (χ2n) is 4.15. The van der Waals surface area contributed by atoms with Crippen LogP contribution in [0.5, 0.6) is 5.75 Å². The van der Waals surface area contributed by atoms with Crippen LogP contribution >= 0.6 is 0 Å². The van der Waals surface area contributed by atoms with Gasteiger partial charge in [-0.1, -0.05) is 5.16 Å². The van der Waals surface area contributed by atoms with Crippen LogP contribution in [-0.4, -0.2) is 21.8 Å². The van der Waals surface area contributed by atoms with E-state index < -0.39 is 0 Å². The van der Waals surface area contributed by atoms with Crippen molar-refractivity contribution in [3.8, 4) is 17.2 Å². The first kappa shape index (κ1) is 10.3. The van der Waals surface area contributed by atoms with Crippen molar-refractivity contribution in [3.63, 3.8) is 0 Å². The van der Waals surface area contributed by atoms with Crippen molar-refractivity contribution in [1.29, 1.82) is 0 Å². The van der Waals surface area contributed by atoms with Crippen molar-refractivity contribution in [2.45, 2.75) is 18.9 Å². The summed E-state index contributed by atoms with van der Waals surface area (Å²) >= 11 is 0. The summed E-state index contributed by atoms with van der Waals surface area (Å²) in [4.78, 5) is 4.37. The zero-order chi connectivity index (χ0) is 11.7. The standard InChI is InChI=1S/C12H13N3O2/c16-9-5-3-8(4-6-9)12-14-11(15-17-12)10-2-1-7-13-10/h3-6,10,13,16H,1-2,7H2. The molecular weight excluding hydrogens is 218 g/mol. The summed E-state index contributed by atoms with van der Waals surface area (Å²) in [5.41, 5.74) is 0.819. The Morgan fingerprint density at radius 1 is 1.29 bits per heavy atom. The molecule has 0 saturated carbocycles. The van der Waals surface area contributed by atoms with Gasteiger partial charge in [0, 0.05) is 5.56 Å². The molecular formula is C12H13N3O2. The number of phenolic OH excluding ortho intramolecular Hbond substituents is 1. The fourth-order valence-electron chi connectivity index (χ4n) is 2.00. The predicted octanol–water partition coefficient (Wildman–Crippen LogP) is 1.87. The minimum absolute atomic E-state index is 0.213. The molecule has 2 heterocycles. The molecule has 2 N–H and O–H groups in total. The quantitative estimate of drug-likeness (QED) is 0.825. The van der Waals surface area contributed by atoms with Gasteiger partial charge in [0.2, 0.25) is 0 Å². The molecule has 17 heavy (non-hydrogen) atoms. The van der Waals surface area contributed by atoms with Crippen molar-refractivity contribution >= 4 is 0 Å². The van der Waals surface area contributed by atoms with Crippen molar-refractivity contribution < 1.29 is 9.63 Å². The SMILES string of the molecule is Oc1ccc(-c2nc(C3CCCN3)no2)cc1. The van der Waals surface area contributed by atoms with E-state index >= 15 is 0 Å². The van der Waals surface area contributed by atoms with Crippen LogP contribution in [0.25, 0.3) is 11.5 Å². The number of hydrogen-bond donors (Lipinski definition) is 2. The van der Waals surface area contributed by atoms with Crippen LogP contribution in [0.2, 0.25) is 0 Å². The minimum Gasteiger partial charge on any atom is -0.508 e. The Morgan fingerprint density at radius 2 is 2.12 bits per heavy atom. The van der Waals surface area contributed by atoms with E-state index in [1.54, 1.807) is 24.3 Å². The van der Waals surface area contributed by atoms with E-state index in [0.29, 0.717) is 11.7 Å². The maximum Gasteiger partial charge on any atom is 0.257 e. The van der Waals surface area contributed by atoms with Gasteiger partial charge >= 0.3 is 0 Å². The predicted molar refractivity (Wildman–Crippen MR) is 61.4 cm³/mol. The normalized spacial score (nSPS) is 19.6. The van der Waals surface area contributed by atoms with Gasteiger partial charge < -0.3 is 14.9 Å². The van der Waals surface area contributed by atoms with E-state index in [-0.39, 0.29) is 11.8 Å². The molecule has 88 valence electrons. The Balaban J connectivity index is 1.86. The molecule has 1 aromatic carbocycles. The molecule has 5 nitrogen and oxygen atoms in total. The molecule has 1 atom stereocenters. The summed E-state index contributed by atoms with van der Waals surface area (Å²) in [7, 11) is 0. The van der Waals surface area contributed by atoms with Gasteiger partial charge in [0.1, 0.15) is 5.75 Å². The highest BCUT2D eigenvalue weighted by Gasteiger charge is 2.21. The molecule has 0 aliphatic carbocycles. The van der Waals surface area contributed by atoms with Crippen molar-refractivity contribution in [2.75, 3.05) is 6.54 Å². The van der Waals surface area contributed by atoms with Crippen LogP contribution in [0, 0.1) is 0 Å². The molecule has 0 spiro atoms. The van der Waals surface area contributed by atoms with Crippen LogP contribution in [0.3, 0.4) is 0 Å². The number of benzene rings is 1. The van der Waals surface area contributed by atoms with Gasteiger partial charge in [0.25, 0.3) is 5.89 Å². The van der Waals surface area contributed by atoms with Gasteiger partial charge in [-0.15, -0.1) is 0 Å². The molecule has 1 aromatic heterocycles. The summed E-state index contributed by atoms with van der Waals surface area (Å²) in [6.07, 6.45) is 2.20. The van der Waals surface area contributed by atoms with Gasteiger partial charge in [-0.05, 0) is 43.7 Å². The van der Waals surface area contributed by atoms with Gasteiger partial charge in [-0.25, -0.2) is 0 Å². The summed E-state index contributed by atoms with van der Waals surface area (Å²) in [5.74, 6) is 1.44. The second-order valence-corrected chi connectivity index (χ2v) is 4.15. The maximum atomic E-state index is 9.20. The first-order chi connectivity index (χ1) is 8.33. The average molecular weight is 231 g/mol. The fourth-order valence-corrected chi connectivity index (χ4v) is 2.00. The molecule has 1 aliphatic rings. The number of nitrogens with zero attached hydrogens (tertiary/aromatic N) is 2. The lowest BCUT2D eigenvalue weighted by atomic mass is 10.2. The third-order valence-corrected chi connectivity index (χ3v) is 2.93. The Morgan fingerprint density at radius 3 is 2.82 bits per heavy atom. The first-order valence-corrected chi connectivity index (χ1v) is 5.69. The molecule has 1 fully saturated rings. The number of rotatable bonds is 2. The second kappa shape index (κ2) is 4.18. The average Bonchev–Trinajstić information content (AvgIpc) is 3.00. The summed E-state index contributed by atoms with van der Waals surface area (Å²) in [6, 6.07) is 6.94. The number of aromatic hydroxyl groups is 1. The van der Waals surface area contributed by atoms with E-state index in [1.165, 1.54) is 0 Å². The molecule has 0 amide bonds. The number of aromatic nitrogens is 2. The van der Waals surface area contributed by atoms with E-state index in [1.807, 2.05) is 0 Å². The molecule has 3 rings (SSSR count). The zero-order valence-corrected chi connectivity index (χ0v) is 9.26. The lowest BCUT2D eigenvalue weighted by Gasteiger charge is -2.01. The number of nitrogens with one attached hydrogen (secondary N) is 1. The molecule has 0 bridgehead atoms. The van der Waals surface area contributed by atoms with Crippen molar-refractivity contribution in [2.24, 2.45) is 0 Å². The number of phenols is 1. The minimum atomic E-state index is 0.213. The van der Waals surface area contributed by atoms with Crippen LogP contribution in [0.15, 0.2) is 28.8 Å². The van der Waals surface area contributed by atoms with Gasteiger partial charge in [0.15, 0.2) is 5.82 Å². The maximum absolute atomic E-state index is 9.20.